The Morgan fingerprint density at radius 1 is 0.905 bits per heavy atom. The van der Waals surface area contributed by atoms with Crippen molar-refractivity contribution in [3.63, 3.8) is 0 Å². The molecule has 2 aromatic carbocycles. The second-order valence-electron chi connectivity index (χ2n) is 4.90. The molecular formula is C16H12F3NO. The molecule has 2 aromatic rings. The average molecular weight is 291 g/mol. The molecule has 1 saturated heterocycles. The molecule has 0 unspecified atom stereocenters. The zero-order chi connectivity index (χ0) is 15.0. The fraction of sp³-hybridized carbons (Fsp3) is 0.188. The molecule has 1 aliphatic heterocycles. The summed E-state index contributed by atoms with van der Waals surface area (Å²) in [6, 6.07) is 13.4. The van der Waals surface area contributed by atoms with Gasteiger partial charge < -0.3 is 4.90 Å². The normalized spacial score (nSPS) is 21.2. The third-order valence-corrected chi connectivity index (χ3v) is 3.53. The number of benzene rings is 2. The number of alkyl halides is 3. The number of hydrogen-bond acceptors (Lipinski definition) is 2. The van der Waals surface area contributed by atoms with Gasteiger partial charge in [0.15, 0.2) is 11.8 Å². The Hall–Kier alpha value is -2.30. The van der Waals surface area contributed by atoms with Gasteiger partial charge in [-0.2, -0.15) is 13.2 Å². The first-order valence-electron chi connectivity index (χ1n) is 6.49. The summed E-state index contributed by atoms with van der Waals surface area (Å²) in [4.78, 5) is 13.4. The molecule has 2 atom stereocenters. The minimum absolute atomic E-state index is 0.301. The van der Waals surface area contributed by atoms with Crippen molar-refractivity contribution in [3.05, 3.63) is 66.2 Å². The van der Waals surface area contributed by atoms with Gasteiger partial charge in [0.05, 0.1) is 0 Å². The van der Waals surface area contributed by atoms with E-state index in [2.05, 4.69) is 0 Å². The summed E-state index contributed by atoms with van der Waals surface area (Å²) in [5.41, 5.74) is 0.712. The van der Waals surface area contributed by atoms with Crippen LogP contribution in [0.1, 0.15) is 10.4 Å². The number of anilines is 1. The maximum absolute atomic E-state index is 13.1. The van der Waals surface area contributed by atoms with E-state index < -0.39 is 24.0 Å². The van der Waals surface area contributed by atoms with Crippen LogP contribution in [0.15, 0.2) is 60.7 Å². The van der Waals surface area contributed by atoms with Crippen LogP contribution in [-0.2, 0) is 0 Å². The summed E-state index contributed by atoms with van der Waals surface area (Å²) < 4.78 is 39.3. The van der Waals surface area contributed by atoms with Gasteiger partial charge in [-0.1, -0.05) is 48.5 Å². The first-order valence-corrected chi connectivity index (χ1v) is 6.49. The summed E-state index contributed by atoms with van der Waals surface area (Å²) in [6.45, 7) is 0. The number of nitrogens with zero attached hydrogens (tertiary/aromatic N) is 1. The molecule has 1 aliphatic rings. The van der Waals surface area contributed by atoms with Crippen LogP contribution in [0.4, 0.5) is 18.9 Å². The highest BCUT2D eigenvalue weighted by molar-refractivity contribution is 6.06. The predicted octanol–water partition coefficient (Wildman–Crippen LogP) is 3.69. The Balaban J connectivity index is 1.92. The van der Waals surface area contributed by atoms with Crippen LogP contribution in [0.2, 0.25) is 0 Å². The minimum Gasteiger partial charge on any atom is -0.345 e. The predicted molar refractivity (Wildman–Crippen MR) is 73.3 cm³/mol. The zero-order valence-corrected chi connectivity index (χ0v) is 10.9. The second kappa shape index (κ2) is 4.91. The van der Waals surface area contributed by atoms with Gasteiger partial charge in [0, 0.05) is 11.3 Å². The SMILES string of the molecule is O=C(c1ccccc1)[C@H]1[C@H](C(F)(F)F)N1c1ccccc1. The molecule has 21 heavy (non-hydrogen) atoms. The van der Waals surface area contributed by atoms with E-state index in [-0.39, 0.29) is 0 Å². The van der Waals surface area contributed by atoms with Crippen molar-refractivity contribution < 1.29 is 18.0 Å². The van der Waals surface area contributed by atoms with Gasteiger partial charge in [-0.05, 0) is 12.1 Å². The largest absolute Gasteiger partial charge is 0.411 e. The third-order valence-electron chi connectivity index (χ3n) is 3.53. The summed E-state index contributed by atoms with van der Waals surface area (Å²) in [7, 11) is 0. The van der Waals surface area contributed by atoms with E-state index in [0.717, 1.165) is 4.90 Å². The van der Waals surface area contributed by atoms with Gasteiger partial charge in [-0.15, -0.1) is 0 Å². The quantitative estimate of drug-likeness (QED) is 0.635. The van der Waals surface area contributed by atoms with E-state index in [4.69, 9.17) is 0 Å². The van der Waals surface area contributed by atoms with Crippen LogP contribution in [0, 0.1) is 0 Å². The summed E-state index contributed by atoms with van der Waals surface area (Å²) >= 11 is 0. The summed E-state index contributed by atoms with van der Waals surface area (Å²) in [5, 5.41) is 0. The molecule has 0 amide bonds. The fourth-order valence-corrected chi connectivity index (χ4v) is 2.53. The number of carbonyl (C=O) groups is 1. The molecule has 2 nitrogen and oxygen atoms in total. The lowest BCUT2D eigenvalue weighted by Gasteiger charge is -2.07. The number of carbonyl (C=O) groups excluding carboxylic acids is 1. The van der Waals surface area contributed by atoms with Crippen LogP contribution >= 0.6 is 0 Å². The molecule has 1 heterocycles. The Bertz CT molecular complexity index is 640. The average Bonchev–Trinajstić information content (AvgIpc) is 3.24. The standard InChI is InChI=1S/C16H12F3NO/c17-16(18,19)15-13(14(21)11-7-3-1-4-8-11)20(15)12-9-5-2-6-10-12/h1-10,13,15H/t13-,15+,20?/m0/s1. The maximum Gasteiger partial charge on any atom is 0.411 e. The monoisotopic (exact) mass is 291 g/mol. The lowest BCUT2D eigenvalue weighted by atomic mass is 10.1. The smallest absolute Gasteiger partial charge is 0.345 e. The van der Waals surface area contributed by atoms with Crippen molar-refractivity contribution >= 4 is 11.5 Å². The number of hydrogen-bond donors (Lipinski definition) is 0. The van der Waals surface area contributed by atoms with Gasteiger partial charge in [0.2, 0.25) is 0 Å². The molecular weight excluding hydrogens is 279 g/mol. The molecule has 1 fully saturated rings. The van der Waals surface area contributed by atoms with E-state index >= 15 is 0 Å². The van der Waals surface area contributed by atoms with Gasteiger partial charge in [-0.3, -0.25) is 4.79 Å². The maximum atomic E-state index is 13.1. The first kappa shape index (κ1) is 13.7. The molecule has 0 aliphatic carbocycles. The van der Waals surface area contributed by atoms with E-state index in [9.17, 15) is 18.0 Å². The lowest BCUT2D eigenvalue weighted by molar-refractivity contribution is -0.127. The number of rotatable bonds is 3. The Morgan fingerprint density at radius 2 is 1.43 bits per heavy atom. The summed E-state index contributed by atoms with van der Waals surface area (Å²) in [5.74, 6) is -0.498. The molecule has 5 heteroatoms. The fourth-order valence-electron chi connectivity index (χ4n) is 2.53. The number of Topliss-reactive ketones (excluding diaryl/α,β-unsaturated/α-hetero) is 1. The second-order valence-corrected chi connectivity index (χ2v) is 4.90. The van der Waals surface area contributed by atoms with Crippen LogP contribution in [-0.4, -0.2) is 24.0 Å². The highest BCUT2D eigenvalue weighted by Gasteiger charge is 2.66. The number of halogens is 3. The van der Waals surface area contributed by atoms with Crippen molar-refractivity contribution in [1.82, 2.24) is 0 Å². The van der Waals surface area contributed by atoms with Crippen molar-refractivity contribution in [1.29, 1.82) is 0 Å². The molecule has 0 saturated carbocycles. The van der Waals surface area contributed by atoms with Crippen LogP contribution in [0.25, 0.3) is 0 Å². The van der Waals surface area contributed by atoms with Gasteiger partial charge in [0.1, 0.15) is 6.04 Å². The Kier molecular flexibility index (Phi) is 3.20. The topological polar surface area (TPSA) is 20.1 Å². The first-order chi connectivity index (χ1) is 10.00. The molecule has 108 valence electrons. The molecule has 0 radical (unpaired) electrons. The highest BCUT2D eigenvalue weighted by atomic mass is 19.4. The van der Waals surface area contributed by atoms with E-state index in [1.165, 1.54) is 12.1 Å². The van der Waals surface area contributed by atoms with Crippen molar-refractivity contribution in [2.75, 3.05) is 4.90 Å². The van der Waals surface area contributed by atoms with E-state index in [0.29, 0.717) is 11.3 Å². The molecule has 0 N–H and O–H groups in total. The lowest BCUT2D eigenvalue weighted by Crippen LogP contribution is -2.23. The van der Waals surface area contributed by atoms with E-state index in [1.54, 1.807) is 48.5 Å². The van der Waals surface area contributed by atoms with Crippen LogP contribution < -0.4 is 4.90 Å². The van der Waals surface area contributed by atoms with E-state index in [1.807, 2.05) is 0 Å². The van der Waals surface area contributed by atoms with Crippen molar-refractivity contribution in [3.8, 4) is 0 Å². The van der Waals surface area contributed by atoms with Crippen molar-refractivity contribution in [2.24, 2.45) is 0 Å². The molecule has 3 rings (SSSR count). The third kappa shape index (κ3) is 2.51. The molecule has 0 aromatic heterocycles. The molecule has 0 bridgehead atoms. The van der Waals surface area contributed by atoms with Crippen molar-refractivity contribution in [2.45, 2.75) is 18.3 Å². The van der Waals surface area contributed by atoms with Gasteiger partial charge in [-0.25, -0.2) is 0 Å². The Labute approximate surface area is 119 Å². The highest BCUT2D eigenvalue weighted by Crippen LogP contribution is 2.45. The Morgan fingerprint density at radius 3 is 1.95 bits per heavy atom. The van der Waals surface area contributed by atoms with Crippen LogP contribution in [0.5, 0.6) is 0 Å². The molecule has 0 spiro atoms. The zero-order valence-electron chi connectivity index (χ0n) is 10.9. The summed E-state index contributed by atoms with van der Waals surface area (Å²) in [6.07, 6.45) is -4.43. The van der Waals surface area contributed by atoms with Gasteiger partial charge in [0.25, 0.3) is 0 Å². The van der Waals surface area contributed by atoms with Crippen LogP contribution in [0.3, 0.4) is 0 Å². The number of ketones is 1. The number of para-hydroxylation sites is 1. The van der Waals surface area contributed by atoms with Gasteiger partial charge >= 0.3 is 6.18 Å². The minimum atomic E-state index is -4.43.